The van der Waals surface area contributed by atoms with Gasteiger partial charge in [0.05, 0.1) is 14.2 Å². The van der Waals surface area contributed by atoms with Crippen LogP contribution in [0.4, 0.5) is 5.82 Å². The molecular weight excluding hydrogens is 279 g/mol. The molecule has 0 fully saturated rings. The maximum absolute atomic E-state index is 11.8. The quantitative estimate of drug-likeness (QED) is 0.906. The summed E-state index contributed by atoms with van der Waals surface area (Å²) < 4.78 is 0.579. The van der Waals surface area contributed by atoms with E-state index < -0.39 is 0 Å². The molecule has 2 rings (SSSR count). The zero-order valence-electron chi connectivity index (χ0n) is 8.83. The Labute approximate surface area is 112 Å². The lowest BCUT2D eigenvalue weighted by Crippen LogP contribution is -2.11. The average molecular weight is 287 g/mol. The molecule has 0 saturated heterocycles. The minimum Gasteiger partial charge on any atom is -0.306 e. The zero-order chi connectivity index (χ0) is 12.4. The smallest absolute Gasteiger partial charge is 0.266 e. The summed E-state index contributed by atoms with van der Waals surface area (Å²) in [6, 6.07) is 5.07. The van der Waals surface area contributed by atoms with Gasteiger partial charge in [-0.3, -0.25) is 4.79 Å². The summed E-state index contributed by atoms with van der Waals surface area (Å²) in [4.78, 5) is 16.4. The largest absolute Gasteiger partial charge is 0.306 e. The molecule has 0 radical (unpaired) electrons. The molecule has 0 aliphatic heterocycles. The third-order valence-corrected chi connectivity index (χ3v) is 3.71. The van der Waals surface area contributed by atoms with Crippen LogP contribution in [-0.4, -0.2) is 10.9 Å². The van der Waals surface area contributed by atoms with Crippen LogP contribution in [0.3, 0.4) is 0 Å². The summed E-state index contributed by atoms with van der Waals surface area (Å²) in [6.07, 6.45) is 1.51. The molecule has 0 bridgehead atoms. The number of thiophene rings is 1. The standard InChI is InChI=1S/C11H8Cl2N2OS/c1-6-4-10(14-5-7(6)12)15-11(16)8-2-3-9(13)17-8/h2-5H,1H3,(H,14,15,16). The number of aryl methyl sites for hydroxylation is 1. The second-order valence-corrected chi connectivity index (χ2v) is 5.50. The lowest BCUT2D eigenvalue weighted by molar-refractivity contribution is 0.103. The van der Waals surface area contributed by atoms with Crippen LogP contribution < -0.4 is 5.32 Å². The van der Waals surface area contributed by atoms with Gasteiger partial charge in [0.2, 0.25) is 0 Å². The number of hydrogen-bond acceptors (Lipinski definition) is 3. The van der Waals surface area contributed by atoms with Crippen LogP contribution in [0.1, 0.15) is 15.2 Å². The van der Waals surface area contributed by atoms with E-state index in [1.165, 1.54) is 17.5 Å². The van der Waals surface area contributed by atoms with Gasteiger partial charge < -0.3 is 5.32 Å². The summed E-state index contributed by atoms with van der Waals surface area (Å²) in [6.45, 7) is 1.85. The van der Waals surface area contributed by atoms with E-state index in [9.17, 15) is 4.79 Å². The topological polar surface area (TPSA) is 42.0 Å². The highest BCUT2D eigenvalue weighted by Gasteiger charge is 2.10. The molecule has 3 nitrogen and oxygen atoms in total. The number of nitrogens with one attached hydrogen (secondary N) is 1. The number of anilines is 1. The van der Waals surface area contributed by atoms with Crippen molar-refractivity contribution in [3.05, 3.63) is 44.2 Å². The van der Waals surface area contributed by atoms with E-state index in [0.717, 1.165) is 5.56 Å². The third-order valence-electron chi connectivity index (χ3n) is 2.09. The van der Waals surface area contributed by atoms with Gasteiger partial charge in [-0.1, -0.05) is 23.2 Å². The van der Waals surface area contributed by atoms with Crippen molar-refractivity contribution in [1.29, 1.82) is 0 Å². The fraction of sp³-hybridized carbons (Fsp3) is 0.0909. The molecule has 0 saturated carbocycles. The first-order valence-corrected chi connectivity index (χ1v) is 6.32. The lowest BCUT2D eigenvalue weighted by atomic mass is 10.3. The average Bonchev–Trinajstić information content (AvgIpc) is 2.70. The summed E-state index contributed by atoms with van der Waals surface area (Å²) in [5.74, 6) is 0.248. The number of carbonyl (C=O) groups excluding carboxylic acids is 1. The van der Waals surface area contributed by atoms with Gasteiger partial charge in [-0.25, -0.2) is 4.98 Å². The van der Waals surface area contributed by atoms with Crippen LogP contribution >= 0.6 is 34.5 Å². The van der Waals surface area contributed by atoms with Crippen LogP contribution in [0.2, 0.25) is 9.36 Å². The molecule has 0 aliphatic carbocycles. The molecule has 6 heteroatoms. The van der Waals surface area contributed by atoms with Gasteiger partial charge in [0.25, 0.3) is 5.91 Å². The van der Waals surface area contributed by atoms with E-state index in [1.54, 1.807) is 18.2 Å². The third kappa shape index (κ3) is 2.97. The predicted octanol–water partition coefficient (Wildman–Crippen LogP) is 4.01. The van der Waals surface area contributed by atoms with Crippen LogP contribution in [0.15, 0.2) is 24.4 Å². The van der Waals surface area contributed by atoms with E-state index in [0.29, 0.717) is 20.1 Å². The van der Waals surface area contributed by atoms with Crippen molar-refractivity contribution in [3.63, 3.8) is 0 Å². The number of hydrogen-bond donors (Lipinski definition) is 1. The molecular formula is C11H8Cl2N2OS. The molecule has 2 heterocycles. The molecule has 0 atom stereocenters. The van der Waals surface area contributed by atoms with Crippen LogP contribution in [0.5, 0.6) is 0 Å². The summed E-state index contributed by atoms with van der Waals surface area (Å²) in [7, 11) is 0. The molecule has 88 valence electrons. The normalized spacial score (nSPS) is 10.3. The Bertz CT molecular complexity index is 568. The SMILES string of the molecule is Cc1cc(NC(=O)c2ccc(Cl)s2)ncc1Cl. The molecule has 1 N–H and O–H groups in total. The fourth-order valence-electron chi connectivity index (χ4n) is 1.22. The minimum atomic E-state index is -0.226. The van der Waals surface area contributed by atoms with E-state index in [-0.39, 0.29) is 5.91 Å². The second kappa shape index (κ2) is 5.04. The number of amides is 1. The first-order chi connectivity index (χ1) is 8.06. The van der Waals surface area contributed by atoms with Crippen molar-refractivity contribution in [2.24, 2.45) is 0 Å². The van der Waals surface area contributed by atoms with Crippen LogP contribution in [-0.2, 0) is 0 Å². The van der Waals surface area contributed by atoms with E-state index in [1.807, 2.05) is 6.92 Å². The van der Waals surface area contributed by atoms with E-state index in [2.05, 4.69) is 10.3 Å². The Morgan fingerprint density at radius 1 is 1.41 bits per heavy atom. The molecule has 0 unspecified atom stereocenters. The zero-order valence-corrected chi connectivity index (χ0v) is 11.2. The van der Waals surface area contributed by atoms with Gasteiger partial charge in [0.1, 0.15) is 5.82 Å². The highest BCUT2D eigenvalue weighted by Crippen LogP contribution is 2.22. The van der Waals surface area contributed by atoms with Crippen molar-refractivity contribution in [3.8, 4) is 0 Å². The van der Waals surface area contributed by atoms with Crippen molar-refractivity contribution < 1.29 is 4.79 Å². The first-order valence-electron chi connectivity index (χ1n) is 4.75. The van der Waals surface area contributed by atoms with Gasteiger partial charge in [-0.2, -0.15) is 0 Å². The van der Waals surface area contributed by atoms with Gasteiger partial charge in [0, 0.05) is 6.20 Å². The number of nitrogens with zero attached hydrogens (tertiary/aromatic N) is 1. The molecule has 0 aliphatic rings. The first kappa shape index (κ1) is 12.4. The second-order valence-electron chi connectivity index (χ2n) is 3.38. The predicted molar refractivity (Wildman–Crippen MR) is 71.3 cm³/mol. The number of pyridine rings is 1. The van der Waals surface area contributed by atoms with Crippen molar-refractivity contribution >= 4 is 46.3 Å². The van der Waals surface area contributed by atoms with E-state index in [4.69, 9.17) is 23.2 Å². The monoisotopic (exact) mass is 286 g/mol. The van der Waals surface area contributed by atoms with Crippen molar-refractivity contribution in [2.75, 3.05) is 5.32 Å². The van der Waals surface area contributed by atoms with Gasteiger partial charge in [-0.05, 0) is 30.7 Å². The fourth-order valence-corrected chi connectivity index (χ4v) is 2.26. The Hall–Kier alpha value is -1.10. The lowest BCUT2D eigenvalue weighted by Gasteiger charge is -2.04. The van der Waals surface area contributed by atoms with Crippen molar-refractivity contribution in [2.45, 2.75) is 6.92 Å². The maximum Gasteiger partial charge on any atom is 0.266 e. The van der Waals surface area contributed by atoms with Crippen LogP contribution in [0, 0.1) is 6.92 Å². The minimum absolute atomic E-state index is 0.226. The Balaban J connectivity index is 2.15. The highest BCUT2D eigenvalue weighted by atomic mass is 35.5. The molecule has 2 aromatic heterocycles. The molecule has 17 heavy (non-hydrogen) atoms. The Morgan fingerprint density at radius 2 is 2.18 bits per heavy atom. The number of aromatic nitrogens is 1. The number of rotatable bonds is 2. The number of halogens is 2. The van der Waals surface area contributed by atoms with Gasteiger partial charge in [-0.15, -0.1) is 11.3 Å². The summed E-state index contributed by atoms with van der Waals surface area (Å²) in [5.41, 5.74) is 0.862. The van der Waals surface area contributed by atoms with Gasteiger partial charge in [0.15, 0.2) is 0 Å². The van der Waals surface area contributed by atoms with Crippen molar-refractivity contribution in [1.82, 2.24) is 4.98 Å². The Kier molecular flexibility index (Phi) is 3.66. The maximum atomic E-state index is 11.8. The van der Waals surface area contributed by atoms with Crippen LogP contribution in [0.25, 0.3) is 0 Å². The van der Waals surface area contributed by atoms with E-state index >= 15 is 0 Å². The molecule has 0 spiro atoms. The number of carbonyl (C=O) groups is 1. The molecule has 2 aromatic rings. The highest BCUT2D eigenvalue weighted by molar-refractivity contribution is 7.18. The summed E-state index contributed by atoms with van der Waals surface area (Å²) in [5, 5.41) is 3.25. The molecule has 0 aromatic carbocycles. The molecule has 1 amide bonds. The van der Waals surface area contributed by atoms with Gasteiger partial charge >= 0.3 is 0 Å². The summed E-state index contributed by atoms with van der Waals surface area (Å²) >= 11 is 12.8. The Morgan fingerprint density at radius 3 is 2.76 bits per heavy atom.